The van der Waals surface area contributed by atoms with Crippen molar-refractivity contribution in [3.63, 3.8) is 0 Å². The van der Waals surface area contributed by atoms with Crippen molar-refractivity contribution in [3.05, 3.63) is 156 Å². The maximum absolute atomic E-state index is 2.44. The summed E-state index contributed by atoms with van der Waals surface area (Å²) in [6, 6.07) is 49.3. The predicted octanol–water partition coefficient (Wildman–Crippen LogP) is 8.94. The van der Waals surface area contributed by atoms with Crippen LogP contribution < -0.4 is 0 Å². The van der Waals surface area contributed by atoms with E-state index in [-0.39, 0.29) is 11.8 Å². The van der Waals surface area contributed by atoms with E-state index in [1.165, 1.54) is 54.9 Å². The van der Waals surface area contributed by atoms with Gasteiger partial charge in [0.2, 0.25) is 0 Å². The van der Waals surface area contributed by atoms with Crippen molar-refractivity contribution in [1.82, 2.24) is 0 Å². The number of hydrogen-bond donors (Lipinski definition) is 0. The lowest BCUT2D eigenvalue weighted by molar-refractivity contribution is 0.709. The number of fused-ring (bicyclic) bond motifs is 5. The molecule has 0 saturated heterocycles. The van der Waals surface area contributed by atoms with E-state index in [2.05, 4.69) is 133 Å². The van der Waals surface area contributed by atoms with Gasteiger partial charge in [-0.1, -0.05) is 109 Å². The van der Waals surface area contributed by atoms with E-state index >= 15 is 0 Å². The van der Waals surface area contributed by atoms with E-state index in [0.29, 0.717) is 0 Å². The van der Waals surface area contributed by atoms with Gasteiger partial charge in [-0.15, -0.1) is 0 Å². The molecule has 0 saturated carbocycles. The summed E-state index contributed by atoms with van der Waals surface area (Å²) in [6.07, 6.45) is 0. The SMILES string of the molecule is c1ccc(C(c2ccccc2)C2c3cc4ccccc4cc3-c3cc4ccccc4cc32)cc1. The first-order chi connectivity index (χ1) is 16.9. The predicted molar refractivity (Wildman–Crippen MR) is 143 cm³/mol. The third-order valence-electron chi connectivity index (χ3n) is 7.45. The number of benzene rings is 6. The van der Waals surface area contributed by atoms with E-state index in [1.54, 1.807) is 0 Å². The van der Waals surface area contributed by atoms with Crippen LogP contribution in [0, 0.1) is 0 Å². The van der Waals surface area contributed by atoms with Gasteiger partial charge < -0.3 is 0 Å². The fourth-order valence-corrected chi connectivity index (χ4v) is 5.92. The Balaban J connectivity index is 1.57. The van der Waals surface area contributed by atoms with Crippen LogP contribution in [0.25, 0.3) is 32.7 Å². The number of rotatable bonds is 3. The van der Waals surface area contributed by atoms with E-state index in [9.17, 15) is 0 Å². The monoisotopic (exact) mass is 432 g/mol. The summed E-state index contributed by atoms with van der Waals surface area (Å²) < 4.78 is 0. The van der Waals surface area contributed by atoms with Gasteiger partial charge in [-0.3, -0.25) is 0 Å². The van der Waals surface area contributed by atoms with Crippen molar-refractivity contribution >= 4 is 21.5 Å². The molecule has 0 N–H and O–H groups in total. The lowest BCUT2D eigenvalue weighted by Crippen LogP contribution is -2.12. The van der Waals surface area contributed by atoms with Crippen LogP contribution in [0.5, 0.6) is 0 Å². The summed E-state index contributed by atoms with van der Waals surface area (Å²) in [5.41, 5.74) is 8.34. The molecule has 0 bridgehead atoms. The molecule has 1 aliphatic carbocycles. The molecule has 0 aliphatic heterocycles. The molecule has 0 heterocycles. The quantitative estimate of drug-likeness (QED) is 0.262. The normalized spacial score (nSPS) is 12.9. The van der Waals surface area contributed by atoms with Crippen LogP contribution in [0.15, 0.2) is 133 Å². The second-order valence-corrected chi connectivity index (χ2v) is 9.35. The third-order valence-corrected chi connectivity index (χ3v) is 7.45. The summed E-state index contributed by atoms with van der Waals surface area (Å²) >= 11 is 0. The summed E-state index contributed by atoms with van der Waals surface area (Å²) in [5, 5.41) is 5.22. The van der Waals surface area contributed by atoms with Gasteiger partial charge in [0, 0.05) is 11.8 Å². The molecule has 1 aliphatic rings. The van der Waals surface area contributed by atoms with Gasteiger partial charge in [0.15, 0.2) is 0 Å². The molecule has 7 rings (SSSR count). The van der Waals surface area contributed by atoms with Gasteiger partial charge in [-0.2, -0.15) is 0 Å². The smallest absolute Gasteiger partial charge is 0.0211 e. The zero-order chi connectivity index (χ0) is 22.5. The summed E-state index contributed by atoms with van der Waals surface area (Å²) in [7, 11) is 0. The molecule has 34 heavy (non-hydrogen) atoms. The van der Waals surface area contributed by atoms with Gasteiger partial charge in [0.05, 0.1) is 0 Å². The Labute approximate surface area is 200 Å². The van der Waals surface area contributed by atoms with E-state index in [0.717, 1.165) is 0 Å². The van der Waals surface area contributed by atoms with Crippen molar-refractivity contribution in [2.24, 2.45) is 0 Å². The highest BCUT2D eigenvalue weighted by Gasteiger charge is 2.36. The topological polar surface area (TPSA) is 0 Å². The fraction of sp³-hybridized carbons (Fsp3) is 0.0588. The van der Waals surface area contributed by atoms with E-state index in [4.69, 9.17) is 0 Å². The Morgan fingerprint density at radius 3 is 1.15 bits per heavy atom. The van der Waals surface area contributed by atoms with Crippen molar-refractivity contribution in [2.45, 2.75) is 11.8 Å². The van der Waals surface area contributed by atoms with Gasteiger partial charge in [0.1, 0.15) is 0 Å². The molecule has 6 aromatic rings. The van der Waals surface area contributed by atoms with Crippen LogP contribution in [0.1, 0.15) is 34.1 Å². The molecule has 0 unspecified atom stereocenters. The Kier molecular flexibility index (Phi) is 4.38. The van der Waals surface area contributed by atoms with Crippen LogP contribution in [-0.2, 0) is 0 Å². The fourth-order valence-electron chi connectivity index (χ4n) is 5.92. The molecular formula is C34H24. The van der Waals surface area contributed by atoms with Gasteiger partial charge in [-0.25, -0.2) is 0 Å². The van der Waals surface area contributed by atoms with Crippen LogP contribution in [-0.4, -0.2) is 0 Å². The second-order valence-electron chi connectivity index (χ2n) is 9.35. The standard InChI is InChI=1S/C34H24/c1-3-11-23(12-4-1)33(24-13-5-2-6-14-24)34-31-21-27-17-9-7-15-25(27)19-29(31)30-20-26-16-8-10-18-28(26)22-32(30)34/h1-22,33-34H. The molecule has 0 atom stereocenters. The molecule has 0 amide bonds. The van der Waals surface area contributed by atoms with Gasteiger partial charge in [-0.05, 0) is 79.2 Å². The van der Waals surface area contributed by atoms with Crippen molar-refractivity contribution in [3.8, 4) is 11.1 Å². The summed E-state index contributed by atoms with van der Waals surface area (Å²) in [5.74, 6) is 0.494. The zero-order valence-electron chi connectivity index (χ0n) is 18.9. The van der Waals surface area contributed by atoms with Crippen LogP contribution in [0.2, 0.25) is 0 Å². The first-order valence-electron chi connectivity index (χ1n) is 12.0. The lowest BCUT2D eigenvalue weighted by atomic mass is 9.75. The minimum absolute atomic E-state index is 0.240. The van der Waals surface area contributed by atoms with Gasteiger partial charge >= 0.3 is 0 Å². The van der Waals surface area contributed by atoms with Crippen molar-refractivity contribution in [2.75, 3.05) is 0 Å². The second kappa shape index (κ2) is 7.71. The van der Waals surface area contributed by atoms with Gasteiger partial charge in [0.25, 0.3) is 0 Å². The Morgan fingerprint density at radius 1 is 0.382 bits per heavy atom. The Hall–Kier alpha value is -4.16. The number of hydrogen-bond acceptors (Lipinski definition) is 0. The van der Waals surface area contributed by atoms with Crippen molar-refractivity contribution in [1.29, 1.82) is 0 Å². The molecule has 0 fully saturated rings. The molecular weight excluding hydrogens is 408 g/mol. The molecule has 160 valence electrons. The van der Waals surface area contributed by atoms with E-state index < -0.39 is 0 Å². The van der Waals surface area contributed by atoms with Crippen LogP contribution in [0.4, 0.5) is 0 Å². The first-order valence-corrected chi connectivity index (χ1v) is 12.0. The average Bonchev–Trinajstić information content (AvgIpc) is 3.19. The molecule has 6 aromatic carbocycles. The summed E-state index contributed by atoms with van der Waals surface area (Å²) in [4.78, 5) is 0. The molecule has 0 spiro atoms. The minimum Gasteiger partial charge on any atom is -0.0622 e. The van der Waals surface area contributed by atoms with Crippen LogP contribution >= 0.6 is 0 Å². The minimum atomic E-state index is 0.240. The Morgan fingerprint density at radius 2 is 0.735 bits per heavy atom. The van der Waals surface area contributed by atoms with E-state index in [1.807, 2.05) is 0 Å². The highest BCUT2D eigenvalue weighted by atomic mass is 14.4. The molecule has 0 nitrogen and oxygen atoms in total. The molecule has 0 aromatic heterocycles. The maximum atomic E-state index is 2.44. The maximum Gasteiger partial charge on any atom is 0.0211 e. The largest absolute Gasteiger partial charge is 0.0622 e. The highest BCUT2D eigenvalue weighted by Crippen LogP contribution is 2.54. The molecule has 0 heteroatoms. The third kappa shape index (κ3) is 2.99. The van der Waals surface area contributed by atoms with Crippen LogP contribution in [0.3, 0.4) is 0 Å². The molecule has 0 radical (unpaired) electrons. The van der Waals surface area contributed by atoms with Crippen molar-refractivity contribution < 1.29 is 0 Å². The Bertz CT molecular complexity index is 1520. The lowest BCUT2D eigenvalue weighted by Gasteiger charge is -2.27. The highest BCUT2D eigenvalue weighted by molar-refractivity contribution is 5.97. The summed E-state index contributed by atoms with van der Waals surface area (Å²) in [6.45, 7) is 0. The average molecular weight is 433 g/mol. The zero-order valence-corrected chi connectivity index (χ0v) is 18.9. The first kappa shape index (κ1) is 19.3.